The maximum atomic E-state index is 12.6. The summed E-state index contributed by atoms with van der Waals surface area (Å²) in [5.74, 6) is -1.35. The van der Waals surface area contributed by atoms with Gasteiger partial charge in [-0.05, 0) is 25.1 Å². The molecule has 1 aromatic rings. The maximum absolute atomic E-state index is 12.6. The molecule has 0 saturated carbocycles. The molecule has 0 aliphatic carbocycles. The van der Waals surface area contributed by atoms with Crippen molar-refractivity contribution in [3.05, 3.63) is 29.3 Å². The van der Waals surface area contributed by atoms with Crippen molar-refractivity contribution in [3.63, 3.8) is 0 Å². The van der Waals surface area contributed by atoms with E-state index in [1.165, 1.54) is 0 Å². The lowest BCUT2D eigenvalue weighted by molar-refractivity contribution is -0.162. The lowest BCUT2D eigenvalue weighted by Crippen LogP contribution is -2.26. The lowest BCUT2D eigenvalue weighted by Gasteiger charge is -2.18. The van der Waals surface area contributed by atoms with E-state index >= 15 is 0 Å². The van der Waals surface area contributed by atoms with Crippen LogP contribution in [0, 0.1) is 0 Å². The fourth-order valence-corrected chi connectivity index (χ4v) is 1.43. The first-order valence-electron chi connectivity index (χ1n) is 5.20. The van der Waals surface area contributed by atoms with Crippen molar-refractivity contribution in [1.82, 2.24) is 0 Å². The van der Waals surface area contributed by atoms with Gasteiger partial charge in [0.05, 0.1) is 11.1 Å². The Morgan fingerprint density at radius 2 is 1.60 bits per heavy atom. The van der Waals surface area contributed by atoms with Gasteiger partial charge in [-0.15, -0.1) is 0 Å². The molecular formula is C11H9F6NO2. The molecule has 2 N–H and O–H groups in total. The standard InChI is InChI=1S/C11H9F6NO2/c1-5(9(19)20)18-6-2-3-7(10(12,13)14)8(4-6)11(15,16)17/h2-5,18H,1H3,(H,19,20). The van der Waals surface area contributed by atoms with Crippen LogP contribution in [0.1, 0.15) is 18.1 Å². The van der Waals surface area contributed by atoms with Gasteiger partial charge in [0.2, 0.25) is 0 Å². The predicted molar refractivity (Wildman–Crippen MR) is 57.2 cm³/mol. The number of carboxylic acid groups (broad SMARTS) is 1. The first-order chi connectivity index (χ1) is 8.93. The second-order valence-corrected chi connectivity index (χ2v) is 3.96. The quantitative estimate of drug-likeness (QED) is 0.839. The Morgan fingerprint density at radius 3 is 2.00 bits per heavy atom. The third-order valence-electron chi connectivity index (χ3n) is 2.38. The smallest absolute Gasteiger partial charge is 0.417 e. The molecule has 1 unspecified atom stereocenters. The number of hydrogen-bond donors (Lipinski definition) is 2. The molecule has 0 aliphatic rings. The van der Waals surface area contributed by atoms with Crippen molar-refractivity contribution >= 4 is 11.7 Å². The molecule has 3 nitrogen and oxygen atoms in total. The van der Waals surface area contributed by atoms with E-state index in [0.717, 1.165) is 13.0 Å². The number of alkyl halides is 6. The maximum Gasteiger partial charge on any atom is 0.417 e. The second kappa shape index (κ2) is 5.22. The predicted octanol–water partition coefficient (Wildman–Crippen LogP) is 3.61. The number of nitrogens with one attached hydrogen (secondary N) is 1. The van der Waals surface area contributed by atoms with Crippen LogP contribution >= 0.6 is 0 Å². The summed E-state index contributed by atoms with van der Waals surface area (Å²) < 4.78 is 75.3. The first kappa shape index (κ1) is 16.1. The highest BCUT2D eigenvalue weighted by Crippen LogP contribution is 2.41. The number of halogens is 6. The van der Waals surface area contributed by atoms with Crippen molar-refractivity contribution in [3.8, 4) is 0 Å². The van der Waals surface area contributed by atoms with Crippen molar-refractivity contribution in [2.75, 3.05) is 5.32 Å². The first-order valence-corrected chi connectivity index (χ1v) is 5.20. The number of carboxylic acids is 1. The Balaban J connectivity index is 3.26. The van der Waals surface area contributed by atoms with Crippen LogP contribution in [-0.4, -0.2) is 17.1 Å². The average molecular weight is 301 g/mol. The summed E-state index contributed by atoms with van der Waals surface area (Å²) in [7, 11) is 0. The van der Waals surface area contributed by atoms with Gasteiger partial charge in [0.15, 0.2) is 0 Å². The van der Waals surface area contributed by atoms with Gasteiger partial charge in [0.1, 0.15) is 6.04 Å². The van der Waals surface area contributed by atoms with Gasteiger partial charge in [-0.3, -0.25) is 4.79 Å². The van der Waals surface area contributed by atoms with Gasteiger partial charge in [-0.25, -0.2) is 0 Å². The minimum absolute atomic E-state index is 0.238. The molecule has 0 heterocycles. The van der Waals surface area contributed by atoms with Gasteiger partial charge >= 0.3 is 18.3 Å². The highest BCUT2D eigenvalue weighted by atomic mass is 19.4. The SMILES string of the molecule is CC(Nc1ccc(C(F)(F)F)c(C(F)(F)F)c1)C(=O)O. The van der Waals surface area contributed by atoms with E-state index in [9.17, 15) is 31.1 Å². The van der Waals surface area contributed by atoms with Crippen LogP contribution in [0.2, 0.25) is 0 Å². The van der Waals surface area contributed by atoms with E-state index in [-0.39, 0.29) is 17.8 Å². The fraction of sp³-hybridized carbons (Fsp3) is 0.364. The Morgan fingerprint density at radius 1 is 1.10 bits per heavy atom. The van der Waals surface area contributed by atoms with Crippen molar-refractivity contribution in [2.24, 2.45) is 0 Å². The second-order valence-electron chi connectivity index (χ2n) is 3.96. The van der Waals surface area contributed by atoms with E-state index in [1.54, 1.807) is 0 Å². The number of aliphatic carboxylic acids is 1. The van der Waals surface area contributed by atoms with Gasteiger partial charge < -0.3 is 10.4 Å². The molecule has 0 amide bonds. The van der Waals surface area contributed by atoms with Gasteiger partial charge in [0, 0.05) is 5.69 Å². The molecule has 0 spiro atoms. The van der Waals surface area contributed by atoms with E-state index < -0.39 is 35.5 Å². The van der Waals surface area contributed by atoms with E-state index in [1.807, 2.05) is 0 Å². The Labute approximate surface area is 109 Å². The molecule has 20 heavy (non-hydrogen) atoms. The topological polar surface area (TPSA) is 49.3 Å². The van der Waals surface area contributed by atoms with Crippen molar-refractivity contribution in [1.29, 1.82) is 0 Å². The summed E-state index contributed by atoms with van der Waals surface area (Å²) >= 11 is 0. The number of rotatable bonds is 3. The summed E-state index contributed by atoms with van der Waals surface area (Å²) in [5, 5.41) is 10.8. The molecule has 0 fully saturated rings. The van der Waals surface area contributed by atoms with Gasteiger partial charge in [0.25, 0.3) is 0 Å². The van der Waals surface area contributed by atoms with Gasteiger partial charge in [-0.1, -0.05) is 0 Å². The summed E-state index contributed by atoms with van der Waals surface area (Å²) in [6.45, 7) is 1.15. The molecule has 1 rings (SSSR count). The molecule has 9 heteroatoms. The molecule has 112 valence electrons. The highest BCUT2D eigenvalue weighted by Gasteiger charge is 2.43. The number of anilines is 1. The third-order valence-corrected chi connectivity index (χ3v) is 2.38. The summed E-state index contributed by atoms with van der Waals surface area (Å²) in [5.41, 5.74) is -4.05. The van der Waals surface area contributed by atoms with Crippen LogP contribution in [-0.2, 0) is 17.1 Å². The molecule has 1 atom stereocenters. The Bertz CT molecular complexity index is 509. The number of hydrogen-bond acceptors (Lipinski definition) is 2. The van der Waals surface area contributed by atoms with Crippen molar-refractivity contribution < 1.29 is 36.2 Å². The van der Waals surface area contributed by atoms with Crippen LogP contribution in [0.15, 0.2) is 18.2 Å². The number of carbonyl (C=O) groups is 1. The normalized spacial score (nSPS) is 13.9. The van der Waals surface area contributed by atoms with Gasteiger partial charge in [-0.2, -0.15) is 26.3 Å². The number of benzene rings is 1. The lowest BCUT2D eigenvalue weighted by atomic mass is 10.1. The molecule has 1 aromatic carbocycles. The molecule has 0 saturated heterocycles. The van der Waals surface area contributed by atoms with E-state index in [4.69, 9.17) is 5.11 Å². The Kier molecular flexibility index (Phi) is 4.21. The monoisotopic (exact) mass is 301 g/mol. The minimum atomic E-state index is -5.20. The van der Waals surface area contributed by atoms with Crippen LogP contribution in [0.5, 0.6) is 0 Å². The average Bonchev–Trinajstić information content (AvgIpc) is 2.26. The largest absolute Gasteiger partial charge is 0.480 e. The van der Waals surface area contributed by atoms with Crippen LogP contribution in [0.25, 0.3) is 0 Å². The molecule has 0 bridgehead atoms. The zero-order valence-electron chi connectivity index (χ0n) is 9.93. The molecule has 0 aromatic heterocycles. The summed E-state index contributed by atoms with van der Waals surface area (Å²) in [6, 6.07) is 0.00674. The fourth-order valence-electron chi connectivity index (χ4n) is 1.43. The van der Waals surface area contributed by atoms with Crippen molar-refractivity contribution in [2.45, 2.75) is 25.3 Å². The van der Waals surface area contributed by atoms with E-state index in [0.29, 0.717) is 0 Å². The van der Waals surface area contributed by atoms with Crippen LogP contribution in [0.3, 0.4) is 0 Å². The zero-order valence-corrected chi connectivity index (χ0v) is 9.93. The van der Waals surface area contributed by atoms with Crippen LogP contribution in [0.4, 0.5) is 32.0 Å². The highest BCUT2D eigenvalue weighted by molar-refractivity contribution is 5.76. The van der Waals surface area contributed by atoms with Crippen LogP contribution < -0.4 is 5.32 Å². The van der Waals surface area contributed by atoms with E-state index in [2.05, 4.69) is 5.32 Å². The molecule has 0 radical (unpaired) electrons. The third kappa shape index (κ3) is 3.78. The Hall–Kier alpha value is -1.93. The minimum Gasteiger partial charge on any atom is -0.480 e. The zero-order chi connectivity index (χ0) is 15.7. The summed E-state index contributed by atoms with van der Waals surface area (Å²) in [4.78, 5) is 10.5. The molecular weight excluding hydrogens is 292 g/mol. The molecule has 0 aliphatic heterocycles. The summed E-state index contributed by atoms with van der Waals surface area (Å²) in [6.07, 6.45) is -10.4.